The average molecular weight is 371 g/mol. The van der Waals surface area contributed by atoms with Crippen LogP contribution in [0.4, 0.5) is 0 Å². The smallest absolute Gasteiger partial charge is 0.00252 e. The summed E-state index contributed by atoms with van der Waals surface area (Å²) in [4.78, 5) is 0. The monoisotopic (exact) mass is 370 g/mol. The van der Waals surface area contributed by atoms with Crippen LogP contribution in [0, 0.1) is 18.8 Å². The molecule has 2 radical (unpaired) electrons. The number of unbranched alkanes of at least 4 members (excludes halogenated alkanes) is 1. The predicted molar refractivity (Wildman–Crippen MR) is 124 cm³/mol. The second-order valence-corrected chi connectivity index (χ2v) is 11.7. The zero-order valence-electron chi connectivity index (χ0n) is 20.3. The lowest BCUT2D eigenvalue weighted by molar-refractivity contribution is 0.382. The zero-order valence-corrected chi connectivity index (χ0v) is 20.3. The minimum atomic E-state index is 0.0132. The number of benzene rings is 1. The van der Waals surface area contributed by atoms with Gasteiger partial charge >= 0.3 is 0 Å². The quantitative estimate of drug-likeness (QED) is 0.470. The Balaban J connectivity index is 3.74. The van der Waals surface area contributed by atoms with Crippen LogP contribution < -0.4 is 0 Å². The summed E-state index contributed by atoms with van der Waals surface area (Å²) in [5.74, 6) is 0. The first-order chi connectivity index (χ1) is 12.0. The lowest BCUT2D eigenvalue weighted by atomic mass is 9.67. The molecule has 0 aromatic heterocycles. The van der Waals surface area contributed by atoms with E-state index in [2.05, 4.69) is 102 Å². The van der Waals surface area contributed by atoms with Gasteiger partial charge in [0.15, 0.2) is 0 Å². The first kappa shape index (κ1) is 24.3. The Morgan fingerprint density at radius 1 is 0.778 bits per heavy atom. The maximum absolute atomic E-state index is 4.68. The molecule has 0 heterocycles. The molecule has 1 aromatic carbocycles. The highest BCUT2D eigenvalue weighted by atomic mass is 14.4. The van der Waals surface area contributed by atoms with E-state index in [4.69, 9.17) is 0 Å². The predicted octanol–water partition coefficient (Wildman–Crippen LogP) is 8.55. The summed E-state index contributed by atoms with van der Waals surface area (Å²) in [6.07, 6.45) is 7.24. The summed E-state index contributed by atoms with van der Waals surface area (Å²) in [7, 11) is 0. The molecule has 0 amide bonds. The zero-order chi connectivity index (χ0) is 21.3. The third-order valence-corrected chi connectivity index (χ3v) is 5.84. The molecular formula is C27H46. The molecule has 1 unspecified atom stereocenters. The van der Waals surface area contributed by atoms with Crippen LogP contribution in [0.2, 0.25) is 0 Å². The van der Waals surface area contributed by atoms with Crippen molar-refractivity contribution in [1.29, 1.82) is 0 Å². The van der Waals surface area contributed by atoms with Gasteiger partial charge in [0.1, 0.15) is 0 Å². The highest BCUT2D eigenvalue weighted by Crippen LogP contribution is 2.43. The van der Waals surface area contributed by atoms with Crippen molar-refractivity contribution in [3.63, 3.8) is 0 Å². The Kier molecular flexibility index (Phi) is 7.46. The molecule has 0 heteroatoms. The van der Waals surface area contributed by atoms with Gasteiger partial charge in [0.25, 0.3) is 0 Å². The topological polar surface area (TPSA) is 0 Å². The van der Waals surface area contributed by atoms with Gasteiger partial charge in [0.2, 0.25) is 0 Å². The van der Waals surface area contributed by atoms with Crippen molar-refractivity contribution in [3.8, 4) is 0 Å². The molecule has 0 saturated heterocycles. The third-order valence-electron chi connectivity index (χ3n) is 5.84. The molecule has 0 bridgehead atoms. The first-order valence-electron chi connectivity index (χ1n) is 11.0. The van der Waals surface area contributed by atoms with Crippen molar-refractivity contribution in [2.75, 3.05) is 0 Å². The second kappa shape index (κ2) is 8.30. The van der Waals surface area contributed by atoms with Gasteiger partial charge in [0, 0.05) is 0 Å². The maximum atomic E-state index is 4.68. The third kappa shape index (κ3) is 6.37. The highest BCUT2D eigenvalue weighted by Gasteiger charge is 2.33. The van der Waals surface area contributed by atoms with Crippen LogP contribution in [0.5, 0.6) is 0 Å². The van der Waals surface area contributed by atoms with E-state index >= 15 is 0 Å². The molecule has 1 rings (SSSR count). The van der Waals surface area contributed by atoms with E-state index in [1.807, 2.05) is 0 Å². The number of hydrogen-bond acceptors (Lipinski definition) is 0. The van der Waals surface area contributed by atoms with Crippen molar-refractivity contribution < 1.29 is 0 Å². The number of rotatable bonds is 6. The highest BCUT2D eigenvalue weighted by molar-refractivity contribution is 5.51. The second-order valence-electron chi connectivity index (χ2n) is 11.7. The summed E-state index contributed by atoms with van der Waals surface area (Å²) in [5, 5.41) is 0. The largest absolute Gasteiger partial charge is 0.0654 e. The van der Waals surface area contributed by atoms with Crippen LogP contribution in [-0.4, -0.2) is 0 Å². The molecule has 0 aliphatic carbocycles. The fraction of sp³-hybridized carbons (Fsp3) is 0.704. The molecule has 154 valence electrons. The lowest BCUT2D eigenvalue weighted by Crippen LogP contribution is -2.27. The average Bonchev–Trinajstić information content (AvgIpc) is 2.49. The van der Waals surface area contributed by atoms with Crippen LogP contribution in [0.15, 0.2) is 12.1 Å². The Labute approximate surface area is 171 Å². The minimum Gasteiger partial charge on any atom is -0.0654 e. The molecule has 0 nitrogen and oxygen atoms in total. The summed E-state index contributed by atoms with van der Waals surface area (Å²) in [6, 6.07) is 4.94. The Morgan fingerprint density at radius 3 is 1.52 bits per heavy atom. The SMILES string of the molecule is [CH2]C([CH]c1c(C(C)(C)C)cc(C(C)(C)C)cc1C(C)(C)C)(CC)CCCC. The van der Waals surface area contributed by atoms with Gasteiger partial charge in [-0.25, -0.2) is 0 Å². The van der Waals surface area contributed by atoms with E-state index in [-0.39, 0.29) is 21.7 Å². The van der Waals surface area contributed by atoms with Crippen molar-refractivity contribution in [3.05, 3.63) is 47.7 Å². The molecule has 0 N–H and O–H groups in total. The molecule has 0 fully saturated rings. The van der Waals surface area contributed by atoms with Crippen LogP contribution in [0.1, 0.15) is 124 Å². The van der Waals surface area contributed by atoms with Crippen molar-refractivity contribution in [1.82, 2.24) is 0 Å². The van der Waals surface area contributed by atoms with Gasteiger partial charge in [-0.1, -0.05) is 101 Å². The normalized spacial score (nSPS) is 15.7. The van der Waals surface area contributed by atoms with E-state index < -0.39 is 0 Å². The van der Waals surface area contributed by atoms with Gasteiger partial charge in [-0.3, -0.25) is 0 Å². The summed E-state index contributed by atoms with van der Waals surface area (Å²) in [5.41, 5.74) is 6.19. The molecule has 0 aliphatic rings. The Morgan fingerprint density at radius 2 is 1.22 bits per heavy atom. The summed E-state index contributed by atoms with van der Waals surface area (Å²) >= 11 is 0. The fourth-order valence-electron chi connectivity index (χ4n) is 3.67. The van der Waals surface area contributed by atoms with E-state index in [0.29, 0.717) is 0 Å². The van der Waals surface area contributed by atoms with Crippen molar-refractivity contribution in [2.24, 2.45) is 5.41 Å². The first-order valence-corrected chi connectivity index (χ1v) is 11.0. The molecule has 0 spiro atoms. The fourth-order valence-corrected chi connectivity index (χ4v) is 3.67. The standard InChI is InChI=1S/C27H46/c1-13-15-16-27(12,14-2)19-21-22(25(6,7)8)17-20(24(3,4)5)18-23(21)26(9,10)11/h17-19H,12-16H2,1-11H3. The van der Waals surface area contributed by atoms with E-state index in [1.54, 1.807) is 0 Å². The number of hydrogen-bond donors (Lipinski definition) is 0. The lowest BCUT2D eigenvalue weighted by Gasteiger charge is -2.37. The summed E-state index contributed by atoms with van der Waals surface area (Å²) in [6.45, 7) is 30.3. The van der Waals surface area contributed by atoms with Gasteiger partial charge in [-0.2, -0.15) is 0 Å². The molecule has 0 aliphatic heterocycles. The molecule has 1 aromatic rings. The van der Waals surface area contributed by atoms with Crippen molar-refractivity contribution in [2.45, 2.75) is 118 Å². The minimum absolute atomic E-state index is 0.0132. The van der Waals surface area contributed by atoms with Crippen molar-refractivity contribution >= 4 is 0 Å². The van der Waals surface area contributed by atoms with Gasteiger partial charge in [-0.15, -0.1) is 0 Å². The van der Waals surface area contributed by atoms with Crippen LogP contribution in [-0.2, 0) is 16.2 Å². The molecule has 27 heavy (non-hydrogen) atoms. The van der Waals surface area contributed by atoms with Gasteiger partial charge < -0.3 is 0 Å². The van der Waals surface area contributed by atoms with E-state index in [9.17, 15) is 0 Å². The van der Waals surface area contributed by atoms with E-state index in [0.717, 1.165) is 12.8 Å². The Bertz CT molecular complexity index is 578. The van der Waals surface area contributed by atoms with Crippen LogP contribution in [0.25, 0.3) is 0 Å². The van der Waals surface area contributed by atoms with Gasteiger partial charge in [-0.05, 0) is 70.1 Å². The maximum Gasteiger partial charge on any atom is -0.00252 e. The molecule has 0 saturated carbocycles. The molecular weight excluding hydrogens is 324 g/mol. The van der Waals surface area contributed by atoms with Crippen LogP contribution in [0.3, 0.4) is 0 Å². The summed E-state index contributed by atoms with van der Waals surface area (Å²) < 4.78 is 0. The van der Waals surface area contributed by atoms with Gasteiger partial charge in [0.05, 0.1) is 0 Å². The van der Waals surface area contributed by atoms with Crippen LogP contribution >= 0.6 is 0 Å². The molecule has 1 atom stereocenters. The van der Waals surface area contributed by atoms with E-state index in [1.165, 1.54) is 35.1 Å². The Hall–Kier alpha value is -0.780.